The SMILES string of the molecule is C[C@@H]1CCc2c(sc(NC(=O)c3ccccc3)c2C(=O)Nc2cccc(O)c2)C1. The van der Waals surface area contributed by atoms with Crippen molar-refractivity contribution < 1.29 is 14.7 Å². The highest BCUT2D eigenvalue weighted by Crippen LogP contribution is 2.40. The third-order valence-electron chi connectivity index (χ3n) is 5.11. The molecule has 0 radical (unpaired) electrons. The van der Waals surface area contributed by atoms with Gasteiger partial charge in [-0.25, -0.2) is 0 Å². The summed E-state index contributed by atoms with van der Waals surface area (Å²) >= 11 is 1.49. The molecule has 0 fully saturated rings. The Morgan fingerprint density at radius 3 is 2.59 bits per heavy atom. The predicted octanol–water partition coefficient (Wildman–Crippen LogP) is 5.08. The molecule has 1 aromatic heterocycles. The third kappa shape index (κ3) is 4.17. The van der Waals surface area contributed by atoms with Crippen LogP contribution in [0.2, 0.25) is 0 Å². The summed E-state index contributed by atoms with van der Waals surface area (Å²) in [5, 5.41) is 16.1. The van der Waals surface area contributed by atoms with Gasteiger partial charge in [-0.15, -0.1) is 11.3 Å². The van der Waals surface area contributed by atoms with E-state index in [-0.39, 0.29) is 17.6 Å². The van der Waals surface area contributed by atoms with Crippen LogP contribution in [-0.2, 0) is 12.8 Å². The molecule has 1 aliphatic carbocycles. The average Bonchev–Trinajstić information content (AvgIpc) is 3.05. The highest BCUT2D eigenvalue weighted by Gasteiger charge is 2.28. The quantitative estimate of drug-likeness (QED) is 0.565. The van der Waals surface area contributed by atoms with Gasteiger partial charge in [0.1, 0.15) is 10.8 Å². The van der Waals surface area contributed by atoms with Crippen LogP contribution < -0.4 is 10.6 Å². The van der Waals surface area contributed by atoms with Crippen LogP contribution in [0.4, 0.5) is 10.7 Å². The zero-order chi connectivity index (χ0) is 20.4. The smallest absolute Gasteiger partial charge is 0.258 e. The summed E-state index contributed by atoms with van der Waals surface area (Å²) in [6.45, 7) is 2.21. The molecule has 2 amide bonds. The fourth-order valence-corrected chi connectivity index (χ4v) is 5.02. The molecule has 0 saturated heterocycles. The molecule has 1 atom stereocenters. The van der Waals surface area contributed by atoms with Crippen LogP contribution in [0.1, 0.15) is 44.5 Å². The van der Waals surface area contributed by atoms with Gasteiger partial charge < -0.3 is 15.7 Å². The largest absolute Gasteiger partial charge is 0.508 e. The van der Waals surface area contributed by atoms with Crippen molar-refractivity contribution in [2.45, 2.75) is 26.2 Å². The molecule has 29 heavy (non-hydrogen) atoms. The minimum atomic E-state index is -0.272. The number of rotatable bonds is 4. The van der Waals surface area contributed by atoms with Crippen LogP contribution in [-0.4, -0.2) is 16.9 Å². The zero-order valence-electron chi connectivity index (χ0n) is 16.1. The molecular weight excluding hydrogens is 384 g/mol. The van der Waals surface area contributed by atoms with Gasteiger partial charge in [0.2, 0.25) is 0 Å². The monoisotopic (exact) mass is 406 g/mol. The molecule has 5 nitrogen and oxygen atoms in total. The number of nitrogens with one attached hydrogen (secondary N) is 2. The van der Waals surface area contributed by atoms with E-state index in [0.717, 1.165) is 29.7 Å². The molecule has 2 aromatic carbocycles. The Morgan fingerprint density at radius 1 is 1.03 bits per heavy atom. The van der Waals surface area contributed by atoms with E-state index in [1.807, 2.05) is 18.2 Å². The molecular formula is C23H22N2O3S. The number of thiophene rings is 1. The third-order valence-corrected chi connectivity index (χ3v) is 6.28. The first-order valence-corrected chi connectivity index (χ1v) is 10.4. The Hall–Kier alpha value is -3.12. The fourth-order valence-electron chi connectivity index (χ4n) is 3.62. The Bertz CT molecular complexity index is 1060. The van der Waals surface area contributed by atoms with E-state index in [2.05, 4.69) is 17.6 Å². The molecule has 6 heteroatoms. The van der Waals surface area contributed by atoms with Crippen molar-refractivity contribution >= 4 is 33.8 Å². The number of hydrogen-bond donors (Lipinski definition) is 3. The summed E-state index contributed by atoms with van der Waals surface area (Å²) in [4.78, 5) is 27.0. The van der Waals surface area contributed by atoms with Crippen LogP contribution in [0.5, 0.6) is 5.75 Å². The van der Waals surface area contributed by atoms with Crippen LogP contribution in [0.3, 0.4) is 0 Å². The van der Waals surface area contributed by atoms with Crippen LogP contribution in [0.15, 0.2) is 54.6 Å². The summed E-state index contributed by atoms with van der Waals surface area (Å²) in [7, 11) is 0. The van der Waals surface area contributed by atoms with Gasteiger partial charge >= 0.3 is 0 Å². The minimum absolute atomic E-state index is 0.0848. The lowest BCUT2D eigenvalue weighted by molar-refractivity contribution is 0.102. The van der Waals surface area contributed by atoms with Gasteiger partial charge in [0.05, 0.1) is 5.56 Å². The van der Waals surface area contributed by atoms with Crippen molar-refractivity contribution in [1.29, 1.82) is 0 Å². The standard InChI is InChI=1S/C23H22N2O3S/c1-14-10-11-18-19(12-14)29-23(25-21(27)15-6-3-2-4-7-15)20(18)22(28)24-16-8-5-9-17(26)13-16/h2-9,13-14,26H,10-12H2,1H3,(H,24,28)(H,25,27)/t14-/m1/s1. The Labute approximate surface area is 173 Å². The van der Waals surface area contributed by atoms with E-state index in [0.29, 0.717) is 27.7 Å². The lowest BCUT2D eigenvalue weighted by Gasteiger charge is -2.18. The number of phenols is 1. The summed E-state index contributed by atoms with van der Waals surface area (Å²) < 4.78 is 0. The van der Waals surface area contributed by atoms with Crippen molar-refractivity contribution in [3.8, 4) is 5.75 Å². The molecule has 1 heterocycles. The Balaban J connectivity index is 1.67. The van der Waals surface area contributed by atoms with Crippen molar-refractivity contribution in [2.75, 3.05) is 10.6 Å². The summed E-state index contributed by atoms with van der Waals surface area (Å²) in [6, 6.07) is 15.4. The van der Waals surface area contributed by atoms with E-state index < -0.39 is 0 Å². The molecule has 0 bridgehead atoms. The molecule has 0 aliphatic heterocycles. The van der Waals surface area contributed by atoms with Gasteiger partial charge in [-0.05, 0) is 55.0 Å². The van der Waals surface area contributed by atoms with E-state index in [1.54, 1.807) is 30.3 Å². The topological polar surface area (TPSA) is 78.4 Å². The Morgan fingerprint density at radius 2 is 1.83 bits per heavy atom. The first-order valence-electron chi connectivity index (χ1n) is 9.62. The van der Waals surface area contributed by atoms with Crippen LogP contribution in [0.25, 0.3) is 0 Å². The van der Waals surface area contributed by atoms with Gasteiger partial charge in [0.15, 0.2) is 0 Å². The number of hydrogen-bond acceptors (Lipinski definition) is 4. The fraction of sp³-hybridized carbons (Fsp3) is 0.217. The number of aromatic hydroxyl groups is 1. The second-order valence-electron chi connectivity index (χ2n) is 7.38. The van der Waals surface area contributed by atoms with Gasteiger partial charge in [0.25, 0.3) is 11.8 Å². The highest BCUT2D eigenvalue weighted by molar-refractivity contribution is 7.17. The molecule has 0 saturated carbocycles. The number of fused-ring (bicyclic) bond motifs is 1. The van der Waals surface area contributed by atoms with Gasteiger partial charge in [-0.3, -0.25) is 9.59 Å². The molecule has 4 rings (SSSR count). The van der Waals surface area contributed by atoms with Gasteiger partial charge in [0, 0.05) is 22.2 Å². The van der Waals surface area contributed by atoms with E-state index >= 15 is 0 Å². The number of carbonyl (C=O) groups is 2. The number of carbonyl (C=O) groups excluding carboxylic acids is 2. The number of amides is 2. The normalized spacial score (nSPS) is 15.4. The second-order valence-corrected chi connectivity index (χ2v) is 8.49. The molecule has 148 valence electrons. The van der Waals surface area contributed by atoms with Crippen LogP contribution in [0, 0.1) is 5.92 Å². The molecule has 3 N–H and O–H groups in total. The predicted molar refractivity (Wildman–Crippen MR) is 116 cm³/mol. The maximum absolute atomic E-state index is 13.1. The van der Waals surface area contributed by atoms with E-state index in [4.69, 9.17) is 0 Å². The lowest BCUT2D eigenvalue weighted by Crippen LogP contribution is -2.19. The molecule has 0 spiro atoms. The maximum Gasteiger partial charge on any atom is 0.258 e. The number of phenolic OH excluding ortho intramolecular Hbond substituents is 1. The summed E-state index contributed by atoms with van der Waals surface area (Å²) in [5.74, 6) is 0.136. The molecule has 0 unspecified atom stereocenters. The summed E-state index contributed by atoms with van der Waals surface area (Å²) in [6.07, 6.45) is 2.74. The number of anilines is 2. The van der Waals surface area contributed by atoms with Crippen molar-refractivity contribution in [3.63, 3.8) is 0 Å². The first-order chi connectivity index (χ1) is 14.0. The number of benzene rings is 2. The van der Waals surface area contributed by atoms with Gasteiger partial charge in [-0.1, -0.05) is 31.2 Å². The van der Waals surface area contributed by atoms with Crippen molar-refractivity contribution in [1.82, 2.24) is 0 Å². The van der Waals surface area contributed by atoms with Crippen molar-refractivity contribution in [3.05, 3.63) is 76.2 Å². The average molecular weight is 407 g/mol. The first kappa shape index (κ1) is 19.2. The second kappa shape index (κ2) is 8.09. The summed E-state index contributed by atoms with van der Waals surface area (Å²) in [5.41, 5.74) is 2.62. The van der Waals surface area contributed by atoms with E-state index in [9.17, 15) is 14.7 Å². The minimum Gasteiger partial charge on any atom is -0.508 e. The molecule has 3 aromatic rings. The van der Waals surface area contributed by atoms with Gasteiger partial charge in [-0.2, -0.15) is 0 Å². The van der Waals surface area contributed by atoms with E-state index in [1.165, 1.54) is 17.4 Å². The highest BCUT2D eigenvalue weighted by atomic mass is 32.1. The van der Waals surface area contributed by atoms with Crippen LogP contribution >= 0.6 is 11.3 Å². The zero-order valence-corrected chi connectivity index (χ0v) is 16.9. The maximum atomic E-state index is 13.1. The molecule has 1 aliphatic rings. The Kier molecular flexibility index (Phi) is 5.36. The lowest BCUT2D eigenvalue weighted by atomic mass is 9.88. The van der Waals surface area contributed by atoms with Crippen molar-refractivity contribution in [2.24, 2.45) is 5.92 Å².